The van der Waals surface area contributed by atoms with E-state index in [1.54, 1.807) is 0 Å². The molecule has 1 fully saturated rings. The Bertz CT molecular complexity index is 382. The highest BCUT2D eigenvalue weighted by molar-refractivity contribution is 6.30. The molecule has 18 heavy (non-hydrogen) atoms. The Morgan fingerprint density at radius 1 is 1.28 bits per heavy atom. The molecule has 4 heteroatoms. The standard InChI is InChI=1S/C14H21ClN2O/c1-11-9-17(13-5-3-12(15)4-6-13)14(7-8-18)10-16(11)2/h3-6,11,14,18H,7-10H2,1-2H3. The Balaban J connectivity index is 2.19. The van der Waals surface area contributed by atoms with E-state index in [2.05, 4.69) is 35.9 Å². The molecule has 1 aromatic carbocycles. The summed E-state index contributed by atoms with van der Waals surface area (Å²) in [6, 6.07) is 8.87. The van der Waals surface area contributed by atoms with Crippen molar-refractivity contribution in [1.82, 2.24) is 4.90 Å². The fraction of sp³-hybridized carbons (Fsp3) is 0.571. The quantitative estimate of drug-likeness (QED) is 0.911. The van der Waals surface area contributed by atoms with Crippen LogP contribution in [-0.2, 0) is 0 Å². The predicted octanol–water partition coefficient (Wildman–Crippen LogP) is 2.23. The lowest BCUT2D eigenvalue weighted by Crippen LogP contribution is -2.56. The van der Waals surface area contributed by atoms with Crippen molar-refractivity contribution in [2.75, 3.05) is 31.6 Å². The Morgan fingerprint density at radius 2 is 1.94 bits per heavy atom. The maximum atomic E-state index is 9.21. The van der Waals surface area contributed by atoms with Crippen LogP contribution in [-0.4, -0.2) is 48.8 Å². The smallest absolute Gasteiger partial charge is 0.0451 e. The average molecular weight is 269 g/mol. The molecule has 2 rings (SSSR count). The van der Waals surface area contributed by atoms with E-state index in [9.17, 15) is 5.11 Å². The molecule has 0 aromatic heterocycles. The molecular formula is C14H21ClN2O. The summed E-state index contributed by atoms with van der Waals surface area (Å²) in [5.74, 6) is 0. The van der Waals surface area contributed by atoms with E-state index in [1.165, 1.54) is 5.69 Å². The van der Waals surface area contributed by atoms with Gasteiger partial charge in [-0.3, -0.25) is 4.90 Å². The Labute approximate surface area is 114 Å². The lowest BCUT2D eigenvalue weighted by Gasteiger charge is -2.45. The monoisotopic (exact) mass is 268 g/mol. The summed E-state index contributed by atoms with van der Waals surface area (Å²) in [6.07, 6.45) is 0.805. The minimum atomic E-state index is 0.233. The summed E-state index contributed by atoms with van der Waals surface area (Å²) in [4.78, 5) is 4.74. The molecule has 0 bridgehead atoms. The van der Waals surface area contributed by atoms with E-state index < -0.39 is 0 Å². The second kappa shape index (κ2) is 5.91. The van der Waals surface area contributed by atoms with Gasteiger partial charge in [-0.05, 0) is 44.7 Å². The number of likely N-dealkylation sites (N-methyl/N-ethyl adjacent to an activating group) is 1. The second-order valence-electron chi connectivity index (χ2n) is 5.08. The molecule has 1 N–H and O–H groups in total. The Morgan fingerprint density at radius 3 is 2.56 bits per heavy atom. The van der Waals surface area contributed by atoms with Crippen LogP contribution in [0.2, 0.25) is 5.02 Å². The molecule has 0 spiro atoms. The number of rotatable bonds is 3. The Hall–Kier alpha value is -0.770. The minimum Gasteiger partial charge on any atom is -0.396 e. The van der Waals surface area contributed by atoms with Gasteiger partial charge in [0.1, 0.15) is 0 Å². The van der Waals surface area contributed by atoms with Gasteiger partial charge in [0.2, 0.25) is 0 Å². The van der Waals surface area contributed by atoms with Gasteiger partial charge in [-0.15, -0.1) is 0 Å². The number of halogens is 1. The normalized spacial score (nSPS) is 25.4. The molecule has 3 nitrogen and oxygen atoms in total. The van der Waals surface area contributed by atoms with E-state index in [0.717, 1.165) is 24.5 Å². The highest BCUT2D eigenvalue weighted by Crippen LogP contribution is 2.25. The van der Waals surface area contributed by atoms with Crippen LogP contribution in [0, 0.1) is 0 Å². The molecule has 1 aliphatic rings. The van der Waals surface area contributed by atoms with E-state index in [-0.39, 0.29) is 6.61 Å². The predicted molar refractivity (Wildman–Crippen MR) is 76.4 cm³/mol. The van der Waals surface area contributed by atoms with Gasteiger partial charge in [0.25, 0.3) is 0 Å². The maximum absolute atomic E-state index is 9.21. The largest absolute Gasteiger partial charge is 0.396 e. The van der Waals surface area contributed by atoms with Crippen molar-refractivity contribution in [2.45, 2.75) is 25.4 Å². The third kappa shape index (κ3) is 2.97. The molecule has 2 atom stereocenters. The maximum Gasteiger partial charge on any atom is 0.0451 e. The molecule has 0 saturated carbocycles. The van der Waals surface area contributed by atoms with Gasteiger partial charge < -0.3 is 10.0 Å². The number of benzene rings is 1. The van der Waals surface area contributed by atoms with Gasteiger partial charge >= 0.3 is 0 Å². The SMILES string of the molecule is CC1CN(c2ccc(Cl)cc2)C(CCO)CN1C. The number of aliphatic hydroxyl groups excluding tert-OH is 1. The van der Waals surface area contributed by atoms with Crippen LogP contribution in [0.1, 0.15) is 13.3 Å². The highest BCUT2D eigenvalue weighted by atomic mass is 35.5. The molecule has 0 radical (unpaired) electrons. The van der Waals surface area contributed by atoms with Crippen molar-refractivity contribution in [1.29, 1.82) is 0 Å². The van der Waals surface area contributed by atoms with Crippen LogP contribution in [0.15, 0.2) is 24.3 Å². The van der Waals surface area contributed by atoms with E-state index in [1.807, 2.05) is 12.1 Å². The topological polar surface area (TPSA) is 26.7 Å². The number of nitrogens with zero attached hydrogens (tertiary/aromatic N) is 2. The third-order valence-electron chi connectivity index (χ3n) is 3.77. The summed E-state index contributed by atoms with van der Waals surface area (Å²) in [6.45, 7) is 4.45. The summed E-state index contributed by atoms with van der Waals surface area (Å²) >= 11 is 5.93. The number of aliphatic hydroxyl groups is 1. The third-order valence-corrected chi connectivity index (χ3v) is 4.03. The molecule has 1 aliphatic heterocycles. The van der Waals surface area contributed by atoms with Gasteiger partial charge in [0.15, 0.2) is 0 Å². The van der Waals surface area contributed by atoms with Crippen molar-refractivity contribution in [3.63, 3.8) is 0 Å². The van der Waals surface area contributed by atoms with Crippen LogP contribution >= 0.6 is 11.6 Å². The molecule has 0 aliphatic carbocycles. The molecule has 1 saturated heterocycles. The van der Waals surface area contributed by atoms with Crippen LogP contribution in [0.4, 0.5) is 5.69 Å². The van der Waals surface area contributed by atoms with Crippen LogP contribution in [0.25, 0.3) is 0 Å². The van der Waals surface area contributed by atoms with Gasteiger partial charge in [0.05, 0.1) is 0 Å². The van der Waals surface area contributed by atoms with E-state index in [0.29, 0.717) is 12.1 Å². The summed E-state index contributed by atoms with van der Waals surface area (Å²) < 4.78 is 0. The lowest BCUT2D eigenvalue weighted by atomic mass is 10.0. The van der Waals surface area contributed by atoms with Gasteiger partial charge in [-0.1, -0.05) is 11.6 Å². The first kappa shape index (κ1) is 13.7. The molecule has 0 amide bonds. The fourth-order valence-electron chi connectivity index (χ4n) is 2.53. The summed E-state index contributed by atoms with van der Waals surface area (Å²) in [7, 11) is 2.15. The van der Waals surface area contributed by atoms with Gasteiger partial charge in [-0.2, -0.15) is 0 Å². The van der Waals surface area contributed by atoms with Crippen molar-refractivity contribution < 1.29 is 5.11 Å². The average Bonchev–Trinajstić information content (AvgIpc) is 2.35. The molecule has 1 aromatic rings. The summed E-state index contributed by atoms with van der Waals surface area (Å²) in [5.41, 5.74) is 1.19. The first-order chi connectivity index (χ1) is 8.61. The Kier molecular flexibility index (Phi) is 4.49. The number of anilines is 1. The van der Waals surface area contributed by atoms with E-state index in [4.69, 9.17) is 11.6 Å². The first-order valence-electron chi connectivity index (χ1n) is 6.45. The first-order valence-corrected chi connectivity index (χ1v) is 6.83. The van der Waals surface area contributed by atoms with Crippen LogP contribution in [0.5, 0.6) is 0 Å². The molecule has 100 valence electrons. The van der Waals surface area contributed by atoms with Gasteiger partial charge in [-0.25, -0.2) is 0 Å². The zero-order valence-electron chi connectivity index (χ0n) is 11.0. The second-order valence-corrected chi connectivity index (χ2v) is 5.52. The van der Waals surface area contributed by atoms with E-state index >= 15 is 0 Å². The zero-order valence-corrected chi connectivity index (χ0v) is 11.8. The number of hydrogen-bond acceptors (Lipinski definition) is 3. The summed E-state index contributed by atoms with van der Waals surface area (Å²) in [5, 5.41) is 9.98. The van der Waals surface area contributed by atoms with Crippen molar-refractivity contribution in [3.8, 4) is 0 Å². The van der Waals surface area contributed by atoms with Crippen molar-refractivity contribution in [2.24, 2.45) is 0 Å². The zero-order chi connectivity index (χ0) is 13.1. The van der Waals surface area contributed by atoms with Crippen molar-refractivity contribution in [3.05, 3.63) is 29.3 Å². The minimum absolute atomic E-state index is 0.233. The number of piperazine rings is 1. The van der Waals surface area contributed by atoms with Crippen LogP contribution in [0.3, 0.4) is 0 Å². The van der Waals surface area contributed by atoms with Crippen molar-refractivity contribution >= 4 is 17.3 Å². The van der Waals surface area contributed by atoms with Crippen LogP contribution < -0.4 is 4.90 Å². The fourth-order valence-corrected chi connectivity index (χ4v) is 2.65. The molecular weight excluding hydrogens is 248 g/mol. The highest BCUT2D eigenvalue weighted by Gasteiger charge is 2.29. The number of hydrogen-bond donors (Lipinski definition) is 1. The molecule has 2 unspecified atom stereocenters. The lowest BCUT2D eigenvalue weighted by molar-refractivity contribution is 0.177. The molecule has 1 heterocycles. The van der Waals surface area contributed by atoms with Gasteiger partial charge in [0, 0.05) is 42.5 Å².